The summed E-state index contributed by atoms with van der Waals surface area (Å²) in [5.74, 6) is -1.15. The van der Waals surface area contributed by atoms with Crippen LogP contribution in [-0.4, -0.2) is 55.0 Å². The third kappa shape index (κ3) is 4.28. The van der Waals surface area contributed by atoms with Gasteiger partial charge in [-0.3, -0.25) is 9.69 Å². The molecule has 0 saturated carbocycles. The maximum absolute atomic E-state index is 12.3. The van der Waals surface area contributed by atoms with Gasteiger partial charge in [0.05, 0.1) is 4.90 Å². The Balaban J connectivity index is 1.60. The minimum Gasteiger partial charge on any atom is -0.346 e. The summed E-state index contributed by atoms with van der Waals surface area (Å²) < 4.78 is 29.6. The van der Waals surface area contributed by atoms with Crippen molar-refractivity contribution >= 4 is 15.7 Å². The number of hydrogen-bond acceptors (Lipinski definition) is 7. The quantitative estimate of drug-likeness (QED) is 0.773. The molecule has 0 bridgehead atoms. The number of nitrogens with one attached hydrogen (secondary N) is 1. The Labute approximate surface area is 152 Å². The van der Waals surface area contributed by atoms with E-state index in [1.807, 2.05) is 0 Å². The second kappa shape index (κ2) is 7.96. The fourth-order valence-corrected chi connectivity index (χ4v) is 4.31. The Morgan fingerprint density at radius 1 is 1.35 bits per heavy atom. The summed E-state index contributed by atoms with van der Waals surface area (Å²) in [7, 11) is -3.59. The topological polar surface area (TPSA) is 105 Å². The smallest absolute Gasteiger partial charge is 0.315 e. The van der Waals surface area contributed by atoms with E-state index in [2.05, 4.69) is 27.3 Å². The molecule has 0 spiro atoms. The zero-order valence-electron chi connectivity index (χ0n) is 14.6. The lowest BCUT2D eigenvalue weighted by Gasteiger charge is -2.22. The van der Waals surface area contributed by atoms with Gasteiger partial charge in [0, 0.05) is 12.6 Å². The highest BCUT2D eigenvalue weighted by Gasteiger charge is 2.25. The monoisotopic (exact) mass is 378 g/mol. The number of benzene rings is 1. The highest BCUT2D eigenvalue weighted by Crippen LogP contribution is 2.16. The molecule has 0 unspecified atom stereocenters. The van der Waals surface area contributed by atoms with E-state index in [0.717, 1.165) is 25.9 Å². The van der Waals surface area contributed by atoms with Crippen LogP contribution in [0.15, 0.2) is 39.8 Å². The molecule has 1 aliphatic heterocycles. The summed E-state index contributed by atoms with van der Waals surface area (Å²) in [6.07, 6.45) is 2.16. The summed E-state index contributed by atoms with van der Waals surface area (Å²) in [4.78, 5) is 18.6. The fraction of sp³-hybridized carbons (Fsp3) is 0.471. The van der Waals surface area contributed by atoms with Gasteiger partial charge in [0.15, 0.2) is 15.7 Å². The van der Waals surface area contributed by atoms with E-state index in [1.165, 1.54) is 12.1 Å². The Morgan fingerprint density at radius 2 is 2.12 bits per heavy atom. The van der Waals surface area contributed by atoms with Crippen molar-refractivity contribution in [1.82, 2.24) is 20.4 Å². The lowest BCUT2D eigenvalue weighted by Crippen LogP contribution is -2.40. The van der Waals surface area contributed by atoms with Crippen LogP contribution < -0.4 is 5.32 Å². The first kappa shape index (κ1) is 18.5. The fourth-order valence-electron chi connectivity index (χ4n) is 3.11. The number of amides is 1. The van der Waals surface area contributed by atoms with Crippen molar-refractivity contribution in [2.75, 3.05) is 19.6 Å². The first-order valence-corrected chi connectivity index (χ1v) is 10.3. The normalized spacial score (nSPS) is 18.1. The molecule has 2 aromatic rings. The number of sulfone groups is 1. The molecule has 1 saturated heterocycles. The molecule has 26 heavy (non-hydrogen) atoms. The zero-order valence-corrected chi connectivity index (χ0v) is 15.4. The molecule has 1 atom stereocenters. The van der Waals surface area contributed by atoms with Crippen LogP contribution in [0.4, 0.5) is 0 Å². The van der Waals surface area contributed by atoms with Crippen LogP contribution in [0.5, 0.6) is 0 Å². The number of likely N-dealkylation sites (N-methyl/N-ethyl adjacent to an activating group) is 1. The highest BCUT2D eigenvalue weighted by molar-refractivity contribution is 7.90. The lowest BCUT2D eigenvalue weighted by molar-refractivity contribution is 0.0897. The first-order valence-electron chi connectivity index (χ1n) is 8.62. The summed E-state index contributed by atoms with van der Waals surface area (Å²) in [6.45, 7) is 4.59. The molecular weight excluding hydrogens is 356 g/mol. The van der Waals surface area contributed by atoms with Crippen molar-refractivity contribution in [2.24, 2.45) is 0 Å². The molecule has 2 heterocycles. The Morgan fingerprint density at radius 3 is 2.85 bits per heavy atom. The van der Waals surface area contributed by atoms with Crippen LogP contribution >= 0.6 is 0 Å². The van der Waals surface area contributed by atoms with Crippen LogP contribution in [0.3, 0.4) is 0 Å². The molecule has 140 valence electrons. The van der Waals surface area contributed by atoms with Gasteiger partial charge in [-0.1, -0.05) is 30.3 Å². The van der Waals surface area contributed by atoms with Gasteiger partial charge >= 0.3 is 11.8 Å². The van der Waals surface area contributed by atoms with Gasteiger partial charge in [0.25, 0.3) is 0 Å². The number of likely N-dealkylation sites (tertiary alicyclic amines) is 1. The van der Waals surface area contributed by atoms with E-state index in [0.29, 0.717) is 12.6 Å². The first-order chi connectivity index (χ1) is 12.5. The number of aromatic nitrogens is 2. The maximum atomic E-state index is 12.3. The van der Waals surface area contributed by atoms with Crippen LogP contribution in [0.1, 0.15) is 36.3 Å². The Bertz CT molecular complexity index is 851. The molecule has 0 radical (unpaired) electrons. The van der Waals surface area contributed by atoms with Gasteiger partial charge in [-0.2, -0.15) is 4.98 Å². The van der Waals surface area contributed by atoms with Crippen LogP contribution in [0.25, 0.3) is 0 Å². The van der Waals surface area contributed by atoms with E-state index >= 15 is 0 Å². The van der Waals surface area contributed by atoms with Crippen molar-refractivity contribution in [2.45, 2.75) is 36.5 Å². The molecule has 1 aliphatic rings. The number of rotatable bonds is 7. The standard InChI is InChI=1S/C17H22N4O4S/c1-2-21-10-6-7-13(21)11-18-16(22)17-19-15(20-25-17)12-26(23,24)14-8-4-3-5-9-14/h3-5,8-9,13H,2,6-7,10-12H2,1H3,(H,18,22)/t13-/m1/s1. The SMILES string of the molecule is CCN1CCC[C@@H]1CNC(=O)c1nc(CS(=O)(=O)c2ccccc2)no1. The number of carbonyl (C=O) groups is 1. The Kier molecular flexibility index (Phi) is 5.67. The lowest BCUT2D eigenvalue weighted by atomic mass is 10.2. The van der Waals surface area contributed by atoms with Gasteiger partial charge in [-0.15, -0.1) is 0 Å². The largest absolute Gasteiger partial charge is 0.346 e. The van der Waals surface area contributed by atoms with E-state index in [1.54, 1.807) is 18.2 Å². The van der Waals surface area contributed by atoms with Gasteiger partial charge in [-0.25, -0.2) is 8.42 Å². The van der Waals surface area contributed by atoms with Crippen molar-refractivity contribution < 1.29 is 17.7 Å². The molecule has 8 nitrogen and oxygen atoms in total. The summed E-state index contributed by atoms with van der Waals surface area (Å²) in [5.41, 5.74) is 0. The van der Waals surface area contributed by atoms with Crippen LogP contribution in [0, 0.1) is 0 Å². The molecular formula is C17H22N4O4S. The zero-order chi connectivity index (χ0) is 18.6. The number of nitrogens with zero attached hydrogens (tertiary/aromatic N) is 3. The molecule has 1 aromatic carbocycles. The third-order valence-corrected chi connectivity index (χ3v) is 6.12. The van der Waals surface area contributed by atoms with E-state index in [9.17, 15) is 13.2 Å². The van der Waals surface area contributed by atoms with Crippen LogP contribution in [-0.2, 0) is 15.6 Å². The average molecular weight is 378 g/mol. The highest BCUT2D eigenvalue weighted by atomic mass is 32.2. The minimum absolute atomic E-state index is 0.0324. The van der Waals surface area contributed by atoms with Crippen molar-refractivity contribution in [3.8, 4) is 0 Å². The Hall–Kier alpha value is -2.26. The summed E-state index contributed by atoms with van der Waals surface area (Å²) in [6, 6.07) is 8.34. The van der Waals surface area contributed by atoms with E-state index < -0.39 is 21.5 Å². The molecule has 1 aromatic heterocycles. The van der Waals surface area contributed by atoms with Crippen molar-refractivity contribution in [3.05, 3.63) is 42.0 Å². The molecule has 0 aliphatic carbocycles. The number of hydrogen-bond donors (Lipinski definition) is 1. The van der Waals surface area contributed by atoms with Gasteiger partial charge in [0.2, 0.25) is 0 Å². The van der Waals surface area contributed by atoms with Crippen molar-refractivity contribution in [3.63, 3.8) is 0 Å². The minimum atomic E-state index is -3.59. The second-order valence-corrected chi connectivity index (χ2v) is 8.21. The van der Waals surface area contributed by atoms with Crippen LogP contribution in [0.2, 0.25) is 0 Å². The molecule has 1 fully saturated rings. The van der Waals surface area contributed by atoms with Crippen molar-refractivity contribution in [1.29, 1.82) is 0 Å². The molecule has 9 heteroatoms. The molecule has 1 amide bonds. The average Bonchev–Trinajstić information content (AvgIpc) is 3.29. The molecule has 3 rings (SSSR count). The predicted octanol–water partition coefficient (Wildman–Crippen LogP) is 1.26. The summed E-state index contributed by atoms with van der Waals surface area (Å²) >= 11 is 0. The van der Waals surface area contributed by atoms with Gasteiger partial charge < -0.3 is 9.84 Å². The second-order valence-electron chi connectivity index (χ2n) is 6.22. The third-order valence-electron chi connectivity index (χ3n) is 4.49. The maximum Gasteiger partial charge on any atom is 0.315 e. The molecule has 1 N–H and O–H groups in total. The van der Waals surface area contributed by atoms with E-state index in [4.69, 9.17) is 4.52 Å². The van der Waals surface area contributed by atoms with Gasteiger partial charge in [-0.05, 0) is 38.1 Å². The van der Waals surface area contributed by atoms with E-state index in [-0.39, 0.29) is 16.6 Å². The predicted molar refractivity (Wildman–Crippen MR) is 94.2 cm³/mol. The summed E-state index contributed by atoms with van der Waals surface area (Å²) in [5, 5.41) is 6.41. The number of carbonyl (C=O) groups excluding carboxylic acids is 1. The van der Waals surface area contributed by atoms with Gasteiger partial charge in [0.1, 0.15) is 5.75 Å².